The van der Waals surface area contributed by atoms with Crippen molar-refractivity contribution in [2.24, 2.45) is 0 Å². The average Bonchev–Trinajstić information content (AvgIpc) is 2.77. The number of aromatic nitrogens is 1. The molecule has 1 aromatic rings. The Bertz CT molecular complexity index is 396. The zero-order chi connectivity index (χ0) is 13.8. The number of hydrogen-bond acceptors (Lipinski definition) is 4. The van der Waals surface area contributed by atoms with E-state index in [2.05, 4.69) is 10.3 Å². The van der Waals surface area contributed by atoms with Crippen molar-refractivity contribution in [2.75, 3.05) is 6.54 Å². The molecule has 0 fully saturated rings. The first-order valence-corrected chi connectivity index (χ1v) is 7.14. The maximum Gasteiger partial charge on any atom is 0.263 e. The molecule has 2 N–H and O–H groups in total. The second-order valence-corrected chi connectivity index (χ2v) is 6.24. The van der Waals surface area contributed by atoms with E-state index in [1.165, 1.54) is 11.3 Å². The summed E-state index contributed by atoms with van der Waals surface area (Å²) in [6.07, 6.45) is 0.962. The summed E-state index contributed by atoms with van der Waals surface area (Å²) in [5.41, 5.74) is 2.41. The van der Waals surface area contributed by atoms with Gasteiger partial charge >= 0.3 is 0 Å². The van der Waals surface area contributed by atoms with Crippen molar-refractivity contribution in [1.29, 1.82) is 0 Å². The van der Waals surface area contributed by atoms with Crippen LogP contribution < -0.4 is 5.32 Å². The fraction of sp³-hybridized carbons (Fsp3) is 0.692. The Labute approximate surface area is 112 Å². The van der Waals surface area contributed by atoms with Gasteiger partial charge in [0.2, 0.25) is 0 Å². The highest BCUT2D eigenvalue weighted by atomic mass is 32.1. The summed E-state index contributed by atoms with van der Waals surface area (Å²) >= 11 is 1.36. The highest BCUT2D eigenvalue weighted by molar-refractivity contribution is 7.11. The number of aliphatic hydroxyl groups excluding tert-OH is 1. The number of nitrogens with zero attached hydrogens (tertiary/aromatic N) is 1. The Kier molecular flexibility index (Phi) is 5.28. The standard InChI is InChI=1S/C13H22N2O2S/c1-5-9(16)6-7-14-12(17)10-11(13(2,3)4)15-8-18-10/h8-9,16H,5-7H2,1-4H3,(H,14,17). The van der Waals surface area contributed by atoms with E-state index in [1.807, 2.05) is 27.7 Å². The minimum absolute atomic E-state index is 0.0919. The molecule has 0 aromatic carbocycles. The van der Waals surface area contributed by atoms with E-state index in [0.717, 1.165) is 5.69 Å². The molecule has 0 aliphatic heterocycles. The summed E-state index contributed by atoms with van der Waals surface area (Å²) in [6, 6.07) is 0. The lowest BCUT2D eigenvalue weighted by Gasteiger charge is -2.17. The molecule has 5 heteroatoms. The van der Waals surface area contributed by atoms with Crippen LogP contribution >= 0.6 is 11.3 Å². The van der Waals surface area contributed by atoms with Gasteiger partial charge in [-0.3, -0.25) is 4.79 Å². The lowest BCUT2D eigenvalue weighted by Crippen LogP contribution is -2.28. The maximum absolute atomic E-state index is 12.0. The number of carbonyl (C=O) groups is 1. The van der Waals surface area contributed by atoms with E-state index in [0.29, 0.717) is 24.3 Å². The van der Waals surface area contributed by atoms with Crippen molar-refractivity contribution in [1.82, 2.24) is 10.3 Å². The van der Waals surface area contributed by atoms with Gasteiger partial charge < -0.3 is 10.4 Å². The Morgan fingerprint density at radius 3 is 2.78 bits per heavy atom. The predicted octanol–water partition coefficient (Wildman–Crippen LogP) is 2.33. The number of amides is 1. The fourth-order valence-corrected chi connectivity index (χ4v) is 2.49. The average molecular weight is 270 g/mol. The van der Waals surface area contributed by atoms with Gasteiger partial charge in [-0.05, 0) is 12.8 Å². The van der Waals surface area contributed by atoms with Gasteiger partial charge in [0.25, 0.3) is 5.91 Å². The first-order chi connectivity index (χ1) is 8.36. The third kappa shape index (κ3) is 4.07. The molecule has 4 nitrogen and oxygen atoms in total. The predicted molar refractivity (Wildman–Crippen MR) is 74.1 cm³/mol. The number of carbonyl (C=O) groups excluding carboxylic acids is 1. The first-order valence-electron chi connectivity index (χ1n) is 6.26. The molecule has 0 radical (unpaired) electrons. The minimum Gasteiger partial charge on any atom is -0.393 e. The third-order valence-corrected chi connectivity index (χ3v) is 3.54. The van der Waals surface area contributed by atoms with Crippen LogP contribution in [0.5, 0.6) is 0 Å². The van der Waals surface area contributed by atoms with Crippen molar-refractivity contribution in [3.63, 3.8) is 0 Å². The fourth-order valence-electron chi connectivity index (χ4n) is 1.58. The number of hydrogen-bond donors (Lipinski definition) is 2. The second-order valence-electron chi connectivity index (χ2n) is 5.39. The molecule has 1 atom stereocenters. The molecule has 1 amide bonds. The maximum atomic E-state index is 12.0. The molecule has 1 aromatic heterocycles. The van der Waals surface area contributed by atoms with Gasteiger partial charge in [-0.2, -0.15) is 0 Å². The van der Waals surface area contributed by atoms with E-state index in [4.69, 9.17) is 0 Å². The molecule has 0 spiro atoms. The van der Waals surface area contributed by atoms with Crippen LogP contribution in [0.15, 0.2) is 5.51 Å². The lowest BCUT2D eigenvalue weighted by molar-refractivity contribution is 0.0943. The summed E-state index contributed by atoms with van der Waals surface area (Å²) in [5, 5.41) is 12.3. The summed E-state index contributed by atoms with van der Waals surface area (Å²) in [6.45, 7) is 8.54. The smallest absolute Gasteiger partial charge is 0.263 e. The van der Waals surface area contributed by atoms with Gasteiger partial charge in [0.1, 0.15) is 4.88 Å². The molecule has 18 heavy (non-hydrogen) atoms. The molecule has 0 saturated heterocycles. The van der Waals surface area contributed by atoms with Crippen LogP contribution in [0.1, 0.15) is 55.9 Å². The summed E-state index contributed by atoms with van der Waals surface area (Å²) in [5.74, 6) is -0.0919. The molecule has 102 valence electrons. The van der Waals surface area contributed by atoms with Crippen molar-refractivity contribution in [3.8, 4) is 0 Å². The van der Waals surface area contributed by atoms with E-state index in [1.54, 1.807) is 5.51 Å². The summed E-state index contributed by atoms with van der Waals surface area (Å²) < 4.78 is 0. The van der Waals surface area contributed by atoms with Crippen LogP contribution in [0.4, 0.5) is 0 Å². The van der Waals surface area contributed by atoms with Crippen LogP contribution in [-0.2, 0) is 5.41 Å². The molecule has 1 rings (SSSR count). The van der Waals surface area contributed by atoms with Crippen molar-refractivity contribution < 1.29 is 9.90 Å². The van der Waals surface area contributed by atoms with Crippen LogP contribution in [0.25, 0.3) is 0 Å². The van der Waals surface area contributed by atoms with Gasteiger partial charge in [-0.15, -0.1) is 11.3 Å². The quantitative estimate of drug-likeness (QED) is 0.863. The highest BCUT2D eigenvalue weighted by Gasteiger charge is 2.24. The topological polar surface area (TPSA) is 62.2 Å². The Balaban J connectivity index is 2.60. The number of thiazole rings is 1. The SMILES string of the molecule is CCC(O)CCNC(=O)c1scnc1C(C)(C)C. The number of nitrogens with one attached hydrogen (secondary N) is 1. The second kappa shape index (κ2) is 6.29. The largest absolute Gasteiger partial charge is 0.393 e. The van der Waals surface area contributed by atoms with Crippen LogP contribution in [0.2, 0.25) is 0 Å². The Hall–Kier alpha value is -0.940. The van der Waals surface area contributed by atoms with Gasteiger partial charge in [-0.1, -0.05) is 27.7 Å². The number of rotatable bonds is 5. The zero-order valence-electron chi connectivity index (χ0n) is 11.5. The first kappa shape index (κ1) is 15.1. The third-order valence-electron chi connectivity index (χ3n) is 2.72. The lowest BCUT2D eigenvalue weighted by atomic mass is 9.91. The molecule has 0 aliphatic carbocycles. The van der Waals surface area contributed by atoms with Crippen molar-refractivity contribution >= 4 is 17.2 Å². The van der Waals surface area contributed by atoms with E-state index in [9.17, 15) is 9.90 Å². The summed E-state index contributed by atoms with van der Waals surface area (Å²) in [4.78, 5) is 17.0. The van der Waals surface area contributed by atoms with E-state index < -0.39 is 0 Å². The minimum atomic E-state index is -0.339. The van der Waals surface area contributed by atoms with Crippen molar-refractivity contribution in [3.05, 3.63) is 16.1 Å². The van der Waals surface area contributed by atoms with E-state index >= 15 is 0 Å². The van der Waals surface area contributed by atoms with Crippen LogP contribution in [0.3, 0.4) is 0 Å². The Morgan fingerprint density at radius 2 is 2.22 bits per heavy atom. The Morgan fingerprint density at radius 1 is 1.56 bits per heavy atom. The normalized spacial score (nSPS) is 13.4. The molecule has 1 unspecified atom stereocenters. The molecule has 0 saturated carbocycles. The monoisotopic (exact) mass is 270 g/mol. The summed E-state index contributed by atoms with van der Waals surface area (Å²) in [7, 11) is 0. The van der Waals surface area contributed by atoms with Crippen LogP contribution in [0, 0.1) is 0 Å². The van der Waals surface area contributed by atoms with Gasteiger partial charge in [0.15, 0.2) is 0 Å². The molecule has 0 bridgehead atoms. The molecule has 0 aliphatic rings. The highest BCUT2D eigenvalue weighted by Crippen LogP contribution is 2.26. The van der Waals surface area contributed by atoms with E-state index in [-0.39, 0.29) is 17.4 Å². The van der Waals surface area contributed by atoms with Gasteiger partial charge in [0.05, 0.1) is 17.3 Å². The van der Waals surface area contributed by atoms with Crippen LogP contribution in [-0.4, -0.2) is 28.6 Å². The number of aliphatic hydroxyl groups is 1. The van der Waals surface area contributed by atoms with Gasteiger partial charge in [0, 0.05) is 12.0 Å². The molecule has 1 heterocycles. The molecular weight excluding hydrogens is 248 g/mol. The van der Waals surface area contributed by atoms with Gasteiger partial charge in [-0.25, -0.2) is 4.98 Å². The zero-order valence-corrected chi connectivity index (χ0v) is 12.3. The van der Waals surface area contributed by atoms with Crippen molar-refractivity contribution in [2.45, 2.75) is 52.1 Å². The molecular formula is C13H22N2O2S.